The van der Waals surface area contributed by atoms with Crippen LogP contribution in [-0.2, 0) is 16.6 Å². The molecule has 2 aromatic rings. The van der Waals surface area contributed by atoms with Gasteiger partial charge in [0.15, 0.2) is 0 Å². The number of hydrogen-bond acceptors (Lipinski definition) is 4. The van der Waals surface area contributed by atoms with Crippen LogP contribution in [0.15, 0.2) is 53.4 Å². The van der Waals surface area contributed by atoms with E-state index in [1.54, 1.807) is 30.3 Å². The molecular weight excluding hydrogens is 319 g/mol. The van der Waals surface area contributed by atoms with Crippen molar-refractivity contribution in [3.8, 4) is 5.75 Å². The molecule has 0 amide bonds. The maximum atomic E-state index is 13.6. The van der Waals surface area contributed by atoms with Gasteiger partial charge in [0.1, 0.15) is 18.2 Å². The number of halogens is 1. The number of hydrogen-bond donors (Lipinski definition) is 1. The molecule has 2 aromatic carbocycles. The minimum atomic E-state index is -3.69. The first-order valence-electron chi connectivity index (χ1n) is 7.04. The number of nitrogens with two attached hydrogens (primary N) is 1. The molecule has 0 spiro atoms. The highest BCUT2D eigenvalue weighted by Crippen LogP contribution is 2.15. The maximum absolute atomic E-state index is 13.6. The summed E-state index contributed by atoms with van der Waals surface area (Å²) in [6, 6.07) is 12.5. The summed E-state index contributed by atoms with van der Waals surface area (Å²) < 4.78 is 41.4. The lowest BCUT2D eigenvalue weighted by atomic mass is 10.2. The second-order valence-corrected chi connectivity index (χ2v) is 6.76. The molecule has 23 heavy (non-hydrogen) atoms. The molecule has 0 aliphatic rings. The zero-order valence-electron chi connectivity index (χ0n) is 12.8. The Kier molecular flexibility index (Phi) is 5.70. The molecule has 0 aliphatic carbocycles. The number of nitrogens with zero attached hydrogens (tertiary/aromatic N) is 1. The van der Waals surface area contributed by atoms with Gasteiger partial charge in [-0.1, -0.05) is 18.2 Å². The normalized spacial score (nSPS) is 11.7. The standard InChI is InChI=1S/C16H19FN2O3S/c1-19(12-13-4-2-3-5-16(13)17)10-11-22-14-6-8-15(9-7-14)23(18,20)21/h2-9H,10-12H2,1H3,(H2,18,20,21). The molecule has 2 rings (SSSR count). The number of rotatable bonds is 7. The number of ether oxygens (including phenoxy) is 1. The van der Waals surface area contributed by atoms with Crippen molar-refractivity contribution in [3.05, 3.63) is 59.9 Å². The lowest BCUT2D eigenvalue weighted by Gasteiger charge is -2.17. The van der Waals surface area contributed by atoms with E-state index in [0.29, 0.717) is 31.0 Å². The average Bonchev–Trinajstić information content (AvgIpc) is 2.49. The number of primary sulfonamides is 1. The van der Waals surface area contributed by atoms with Crippen LogP contribution in [0.4, 0.5) is 4.39 Å². The zero-order chi connectivity index (χ0) is 16.9. The van der Waals surface area contributed by atoms with Gasteiger partial charge in [0.2, 0.25) is 10.0 Å². The summed E-state index contributed by atoms with van der Waals surface area (Å²) >= 11 is 0. The average molecular weight is 338 g/mol. The molecule has 0 aliphatic heterocycles. The van der Waals surface area contributed by atoms with Crippen LogP contribution in [0.25, 0.3) is 0 Å². The molecule has 0 bridgehead atoms. The lowest BCUT2D eigenvalue weighted by Crippen LogP contribution is -2.24. The minimum Gasteiger partial charge on any atom is -0.492 e. The molecule has 0 atom stereocenters. The molecule has 0 saturated carbocycles. The van der Waals surface area contributed by atoms with Crippen LogP contribution in [0.1, 0.15) is 5.56 Å². The zero-order valence-corrected chi connectivity index (χ0v) is 13.6. The van der Waals surface area contributed by atoms with Gasteiger partial charge >= 0.3 is 0 Å². The molecule has 0 unspecified atom stereocenters. The molecule has 0 fully saturated rings. The summed E-state index contributed by atoms with van der Waals surface area (Å²) in [5, 5.41) is 5.03. The summed E-state index contributed by atoms with van der Waals surface area (Å²) in [5.41, 5.74) is 0.632. The van der Waals surface area contributed by atoms with E-state index < -0.39 is 10.0 Å². The van der Waals surface area contributed by atoms with Gasteiger partial charge in [-0.15, -0.1) is 0 Å². The van der Waals surface area contributed by atoms with Gasteiger partial charge < -0.3 is 4.74 Å². The smallest absolute Gasteiger partial charge is 0.238 e. The quantitative estimate of drug-likeness (QED) is 0.838. The first kappa shape index (κ1) is 17.4. The fourth-order valence-corrected chi connectivity index (χ4v) is 2.56. The molecule has 5 nitrogen and oxygen atoms in total. The van der Waals surface area contributed by atoms with E-state index in [-0.39, 0.29) is 10.7 Å². The number of sulfonamides is 1. The molecule has 2 N–H and O–H groups in total. The van der Waals surface area contributed by atoms with Gasteiger partial charge in [0.05, 0.1) is 4.90 Å². The summed E-state index contributed by atoms with van der Waals surface area (Å²) in [6.45, 7) is 1.49. The van der Waals surface area contributed by atoms with E-state index >= 15 is 0 Å². The van der Waals surface area contributed by atoms with E-state index in [1.165, 1.54) is 18.2 Å². The molecule has 0 aromatic heterocycles. The molecule has 0 saturated heterocycles. The summed E-state index contributed by atoms with van der Waals surface area (Å²) in [4.78, 5) is 1.98. The fourth-order valence-electron chi connectivity index (χ4n) is 2.04. The second kappa shape index (κ2) is 7.54. The van der Waals surface area contributed by atoms with E-state index in [0.717, 1.165) is 0 Å². The Morgan fingerprint density at radius 1 is 1.13 bits per heavy atom. The van der Waals surface area contributed by atoms with Gasteiger partial charge in [-0.3, -0.25) is 4.90 Å². The van der Waals surface area contributed by atoms with Crippen molar-refractivity contribution in [2.45, 2.75) is 11.4 Å². The number of benzene rings is 2. The summed E-state index contributed by atoms with van der Waals surface area (Å²) in [6.07, 6.45) is 0. The van der Waals surface area contributed by atoms with Gasteiger partial charge in [0.25, 0.3) is 0 Å². The fraction of sp³-hybridized carbons (Fsp3) is 0.250. The van der Waals surface area contributed by atoms with E-state index in [2.05, 4.69) is 0 Å². The van der Waals surface area contributed by atoms with Crippen molar-refractivity contribution < 1.29 is 17.5 Å². The largest absolute Gasteiger partial charge is 0.492 e. The van der Waals surface area contributed by atoms with Gasteiger partial charge in [-0.2, -0.15) is 0 Å². The highest BCUT2D eigenvalue weighted by molar-refractivity contribution is 7.89. The SMILES string of the molecule is CN(CCOc1ccc(S(N)(=O)=O)cc1)Cc1ccccc1F. The highest BCUT2D eigenvalue weighted by atomic mass is 32.2. The van der Waals surface area contributed by atoms with E-state index in [9.17, 15) is 12.8 Å². The van der Waals surface area contributed by atoms with Gasteiger partial charge in [-0.25, -0.2) is 17.9 Å². The van der Waals surface area contributed by atoms with Crippen LogP contribution in [0.5, 0.6) is 5.75 Å². The third-order valence-electron chi connectivity index (χ3n) is 3.29. The lowest BCUT2D eigenvalue weighted by molar-refractivity contribution is 0.231. The second-order valence-electron chi connectivity index (χ2n) is 5.19. The van der Waals surface area contributed by atoms with Gasteiger partial charge in [0, 0.05) is 18.7 Å². The van der Waals surface area contributed by atoms with Crippen molar-refractivity contribution in [2.24, 2.45) is 5.14 Å². The minimum absolute atomic E-state index is 0.0431. The maximum Gasteiger partial charge on any atom is 0.238 e. The molecule has 124 valence electrons. The number of likely N-dealkylation sites (N-methyl/N-ethyl adjacent to an activating group) is 1. The Morgan fingerprint density at radius 3 is 2.39 bits per heavy atom. The molecule has 7 heteroatoms. The third kappa shape index (κ3) is 5.31. The Morgan fingerprint density at radius 2 is 1.78 bits per heavy atom. The Bertz CT molecular complexity index is 748. The molecular formula is C16H19FN2O3S. The topological polar surface area (TPSA) is 72.6 Å². The van der Waals surface area contributed by atoms with Crippen LogP contribution in [0, 0.1) is 5.82 Å². The van der Waals surface area contributed by atoms with Crippen molar-refractivity contribution >= 4 is 10.0 Å². The van der Waals surface area contributed by atoms with Crippen LogP contribution in [-0.4, -0.2) is 33.5 Å². The summed E-state index contributed by atoms with van der Waals surface area (Å²) in [5.74, 6) is 0.329. The van der Waals surface area contributed by atoms with Crippen LogP contribution < -0.4 is 9.88 Å². The van der Waals surface area contributed by atoms with Crippen LogP contribution >= 0.6 is 0 Å². The van der Waals surface area contributed by atoms with Gasteiger partial charge in [-0.05, 0) is 37.4 Å². The third-order valence-corrected chi connectivity index (χ3v) is 4.22. The van der Waals surface area contributed by atoms with Crippen molar-refractivity contribution in [1.82, 2.24) is 4.90 Å². The Balaban J connectivity index is 1.82. The monoisotopic (exact) mass is 338 g/mol. The Labute approximate surface area is 135 Å². The van der Waals surface area contributed by atoms with E-state index in [4.69, 9.17) is 9.88 Å². The summed E-state index contributed by atoms with van der Waals surface area (Å²) in [7, 11) is -1.82. The van der Waals surface area contributed by atoms with Crippen LogP contribution in [0.3, 0.4) is 0 Å². The van der Waals surface area contributed by atoms with Crippen molar-refractivity contribution in [1.29, 1.82) is 0 Å². The molecule has 0 heterocycles. The van der Waals surface area contributed by atoms with Crippen molar-refractivity contribution in [2.75, 3.05) is 20.2 Å². The van der Waals surface area contributed by atoms with Crippen LogP contribution in [0.2, 0.25) is 0 Å². The Hall–Kier alpha value is -1.96. The van der Waals surface area contributed by atoms with E-state index in [1.807, 2.05) is 11.9 Å². The molecule has 0 radical (unpaired) electrons. The van der Waals surface area contributed by atoms with Crippen molar-refractivity contribution in [3.63, 3.8) is 0 Å². The first-order valence-corrected chi connectivity index (χ1v) is 8.58. The predicted octanol–water partition coefficient (Wildman–Crippen LogP) is 1.98. The first-order chi connectivity index (χ1) is 10.9. The predicted molar refractivity (Wildman–Crippen MR) is 86.0 cm³/mol. The highest BCUT2D eigenvalue weighted by Gasteiger charge is 2.08.